The number of aryl methyl sites for hydroxylation is 1. The molecule has 0 aliphatic rings. The molecule has 1 heterocycles. The maximum Gasteiger partial charge on any atom is 0.133 e. The van der Waals surface area contributed by atoms with Crippen LogP contribution in [-0.4, -0.2) is 17.0 Å². The van der Waals surface area contributed by atoms with Crippen molar-refractivity contribution in [1.82, 2.24) is 15.3 Å². The molecule has 0 aliphatic carbocycles. The predicted molar refractivity (Wildman–Crippen MR) is 73.8 cm³/mol. The summed E-state index contributed by atoms with van der Waals surface area (Å²) in [5, 5.41) is 3.85. The Morgan fingerprint density at radius 3 is 2.56 bits per heavy atom. The third kappa shape index (κ3) is 3.52. The standard InChI is InChI=1S/C14H16ClN3/c1-10-7-13(9-16-2)18-14(17-10)8-11-3-5-12(15)6-4-11/h3-7,16H,8-9H2,1-2H3. The first-order valence-electron chi connectivity index (χ1n) is 5.90. The molecule has 4 heteroatoms. The van der Waals surface area contributed by atoms with Crippen LogP contribution in [0.1, 0.15) is 22.8 Å². The molecule has 0 saturated carbocycles. The smallest absolute Gasteiger partial charge is 0.133 e. The van der Waals surface area contributed by atoms with Crippen LogP contribution < -0.4 is 5.32 Å². The molecule has 0 atom stereocenters. The SMILES string of the molecule is CNCc1cc(C)nc(Cc2ccc(Cl)cc2)n1. The molecule has 1 aromatic carbocycles. The molecule has 0 amide bonds. The van der Waals surface area contributed by atoms with E-state index in [0.717, 1.165) is 35.2 Å². The van der Waals surface area contributed by atoms with E-state index in [1.165, 1.54) is 5.56 Å². The number of hydrogen-bond donors (Lipinski definition) is 1. The highest BCUT2D eigenvalue weighted by Crippen LogP contribution is 2.12. The zero-order valence-electron chi connectivity index (χ0n) is 10.6. The maximum absolute atomic E-state index is 5.87. The fourth-order valence-electron chi connectivity index (χ4n) is 1.84. The van der Waals surface area contributed by atoms with Crippen LogP contribution in [0.2, 0.25) is 5.02 Å². The van der Waals surface area contributed by atoms with Crippen LogP contribution >= 0.6 is 11.6 Å². The Balaban J connectivity index is 2.20. The minimum absolute atomic E-state index is 0.732. The average molecular weight is 262 g/mol. The van der Waals surface area contributed by atoms with Crippen LogP contribution in [0.5, 0.6) is 0 Å². The second-order valence-electron chi connectivity index (χ2n) is 4.25. The molecular formula is C14H16ClN3. The van der Waals surface area contributed by atoms with Crippen LogP contribution in [0, 0.1) is 6.92 Å². The van der Waals surface area contributed by atoms with E-state index in [1.54, 1.807) is 0 Å². The van der Waals surface area contributed by atoms with E-state index >= 15 is 0 Å². The Morgan fingerprint density at radius 1 is 1.17 bits per heavy atom. The molecule has 1 N–H and O–H groups in total. The zero-order valence-corrected chi connectivity index (χ0v) is 11.3. The summed E-state index contributed by atoms with van der Waals surface area (Å²) in [6.07, 6.45) is 0.732. The monoisotopic (exact) mass is 261 g/mol. The Labute approximate surface area is 112 Å². The number of hydrogen-bond acceptors (Lipinski definition) is 3. The molecule has 18 heavy (non-hydrogen) atoms. The Kier molecular flexibility index (Phi) is 4.28. The van der Waals surface area contributed by atoms with Gasteiger partial charge in [0.2, 0.25) is 0 Å². The second kappa shape index (κ2) is 5.94. The lowest BCUT2D eigenvalue weighted by atomic mass is 10.1. The quantitative estimate of drug-likeness (QED) is 0.920. The van der Waals surface area contributed by atoms with Gasteiger partial charge in [0, 0.05) is 23.7 Å². The molecular weight excluding hydrogens is 246 g/mol. The Hall–Kier alpha value is -1.45. The van der Waals surface area contributed by atoms with Crippen molar-refractivity contribution in [1.29, 1.82) is 0 Å². The molecule has 2 aromatic rings. The number of benzene rings is 1. The normalized spacial score (nSPS) is 10.6. The van der Waals surface area contributed by atoms with Crippen molar-refractivity contribution in [3.8, 4) is 0 Å². The lowest BCUT2D eigenvalue weighted by Gasteiger charge is -2.06. The fraction of sp³-hybridized carbons (Fsp3) is 0.286. The van der Waals surface area contributed by atoms with Crippen molar-refractivity contribution in [2.45, 2.75) is 19.9 Å². The third-order valence-electron chi connectivity index (χ3n) is 2.59. The van der Waals surface area contributed by atoms with Gasteiger partial charge in [0.1, 0.15) is 5.82 Å². The van der Waals surface area contributed by atoms with Crippen molar-refractivity contribution >= 4 is 11.6 Å². The van der Waals surface area contributed by atoms with E-state index in [0.29, 0.717) is 0 Å². The van der Waals surface area contributed by atoms with Gasteiger partial charge in [0.15, 0.2) is 0 Å². The minimum Gasteiger partial charge on any atom is -0.314 e. The zero-order chi connectivity index (χ0) is 13.0. The highest BCUT2D eigenvalue weighted by atomic mass is 35.5. The summed E-state index contributed by atoms with van der Waals surface area (Å²) in [4.78, 5) is 9.00. The van der Waals surface area contributed by atoms with E-state index in [9.17, 15) is 0 Å². The molecule has 0 saturated heterocycles. The number of aromatic nitrogens is 2. The molecule has 0 fully saturated rings. The minimum atomic E-state index is 0.732. The van der Waals surface area contributed by atoms with Crippen molar-refractivity contribution in [3.05, 3.63) is 58.1 Å². The van der Waals surface area contributed by atoms with E-state index < -0.39 is 0 Å². The van der Waals surface area contributed by atoms with Crippen molar-refractivity contribution in [2.24, 2.45) is 0 Å². The van der Waals surface area contributed by atoms with Crippen LogP contribution in [0.15, 0.2) is 30.3 Å². The van der Waals surface area contributed by atoms with E-state index in [4.69, 9.17) is 11.6 Å². The molecule has 1 aromatic heterocycles. The van der Waals surface area contributed by atoms with Crippen LogP contribution in [0.4, 0.5) is 0 Å². The van der Waals surface area contributed by atoms with Crippen molar-refractivity contribution in [3.63, 3.8) is 0 Å². The second-order valence-corrected chi connectivity index (χ2v) is 4.69. The number of nitrogens with zero attached hydrogens (tertiary/aromatic N) is 2. The summed E-state index contributed by atoms with van der Waals surface area (Å²) in [6.45, 7) is 2.75. The fourth-order valence-corrected chi connectivity index (χ4v) is 1.96. The Morgan fingerprint density at radius 2 is 1.89 bits per heavy atom. The highest BCUT2D eigenvalue weighted by Gasteiger charge is 2.03. The van der Waals surface area contributed by atoms with Gasteiger partial charge in [-0.1, -0.05) is 23.7 Å². The molecule has 2 rings (SSSR count). The van der Waals surface area contributed by atoms with Gasteiger partial charge in [-0.25, -0.2) is 9.97 Å². The van der Waals surface area contributed by atoms with Gasteiger partial charge in [0.05, 0.1) is 5.69 Å². The summed E-state index contributed by atoms with van der Waals surface area (Å²) < 4.78 is 0. The van der Waals surface area contributed by atoms with Crippen LogP contribution in [0.3, 0.4) is 0 Å². The Bertz CT molecular complexity index is 523. The number of halogens is 1. The molecule has 0 unspecified atom stereocenters. The third-order valence-corrected chi connectivity index (χ3v) is 2.84. The summed E-state index contributed by atoms with van der Waals surface area (Å²) in [6, 6.07) is 9.79. The summed E-state index contributed by atoms with van der Waals surface area (Å²) in [5.41, 5.74) is 3.19. The van der Waals surface area contributed by atoms with E-state index in [-0.39, 0.29) is 0 Å². The summed E-state index contributed by atoms with van der Waals surface area (Å²) >= 11 is 5.87. The molecule has 0 bridgehead atoms. The molecule has 0 spiro atoms. The first-order valence-corrected chi connectivity index (χ1v) is 6.27. The first-order chi connectivity index (χ1) is 8.67. The van der Waals surface area contributed by atoms with Gasteiger partial charge in [-0.15, -0.1) is 0 Å². The lowest BCUT2D eigenvalue weighted by Crippen LogP contribution is -2.10. The molecule has 0 aliphatic heterocycles. The molecule has 94 valence electrons. The van der Waals surface area contributed by atoms with Gasteiger partial charge >= 0.3 is 0 Å². The van der Waals surface area contributed by atoms with Gasteiger partial charge in [-0.3, -0.25) is 0 Å². The highest BCUT2D eigenvalue weighted by molar-refractivity contribution is 6.30. The lowest BCUT2D eigenvalue weighted by molar-refractivity contribution is 0.767. The first kappa shape index (κ1) is 13.0. The van der Waals surface area contributed by atoms with Gasteiger partial charge in [-0.05, 0) is 37.7 Å². The topological polar surface area (TPSA) is 37.8 Å². The van der Waals surface area contributed by atoms with E-state index in [1.807, 2.05) is 44.3 Å². The summed E-state index contributed by atoms with van der Waals surface area (Å²) in [7, 11) is 1.91. The maximum atomic E-state index is 5.87. The predicted octanol–water partition coefficient (Wildman–Crippen LogP) is 2.75. The number of nitrogens with one attached hydrogen (secondary N) is 1. The molecule has 3 nitrogen and oxygen atoms in total. The van der Waals surface area contributed by atoms with Gasteiger partial charge < -0.3 is 5.32 Å². The van der Waals surface area contributed by atoms with Crippen molar-refractivity contribution < 1.29 is 0 Å². The van der Waals surface area contributed by atoms with E-state index in [2.05, 4.69) is 15.3 Å². The van der Waals surface area contributed by atoms with Gasteiger partial charge in [-0.2, -0.15) is 0 Å². The molecule has 0 radical (unpaired) electrons. The van der Waals surface area contributed by atoms with Crippen LogP contribution in [0.25, 0.3) is 0 Å². The largest absolute Gasteiger partial charge is 0.314 e. The van der Waals surface area contributed by atoms with Gasteiger partial charge in [0.25, 0.3) is 0 Å². The number of rotatable bonds is 4. The van der Waals surface area contributed by atoms with Crippen molar-refractivity contribution in [2.75, 3.05) is 7.05 Å². The summed E-state index contributed by atoms with van der Waals surface area (Å²) in [5.74, 6) is 0.850. The van der Waals surface area contributed by atoms with Crippen LogP contribution in [-0.2, 0) is 13.0 Å². The average Bonchev–Trinajstić information content (AvgIpc) is 2.32.